The molecular formula is C36H41N7O7S. The van der Waals surface area contributed by atoms with E-state index >= 15 is 4.79 Å². The molecule has 0 bridgehead atoms. The van der Waals surface area contributed by atoms with Gasteiger partial charge in [0.05, 0.1) is 60.8 Å². The van der Waals surface area contributed by atoms with Gasteiger partial charge in [-0.2, -0.15) is 9.57 Å². The van der Waals surface area contributed by atoms with Crippen LogP contribution in [0.5, 0.6) is 11.6 Å². The van der Waals surface area contributed by atoms with Crippen LogP contribution >= 0.6 is 0 Å². The zero-order valence-corrected chi connectivity index (χ0v) is 29.5. The number of piperidine rings is 1. The summed E-state index contributed by atoms with van der Waals surface area (Å²) in [5.74, 6) is -0.461. The van der Waals surface area contributed by atoms with E-state index in [-0.39, 0.29) is 39.8 Å². The number of amides is 3. The van der Waals surface area contributed by atoms with Crippen molar-refractivity contribution in [3.8, 4) is 17.7 Å². The van der Waals surface area contributed by atoms with Gasteiger partial charge >= 0.3 is 6.03 Å². The highest BCUT2D eigenvalue weighted by atomic mass is 32.2. The molecule has 5 heterocycles. The minimum atomic E-state index is -4.54. The standard InChI is InChI=1S/C36H41N7O7S/c1-3-50-33-30(5-4-14-38-33)36(39-35(45)42-19-17-41(18-20-42)26-12-15-40(16-13-26)27-23-49-24-27)31-21-25(22-37)6-11-32(31)43(34(36)44)51(46,47)29-9-7-28(48-2)8-10-29/h4-11,14,21,26-27H,3,12-13,15-20,23-24H2,1-2H3,(H,39,45)/t36-/m1/s1. The van der Waals surface area contributed by atoms with E-state index in [1.807, 2.05) is 0 Å². The summed E-state index contributed by atoms with van der Waals surface area (Å²) in [5, 5.41) is 12.9. The lowest BCUT2D eigenvalue weighted by Gasteiger charge is -2.46. The van der Waals surface area contributed by atoms with Crippen molar-refractivity contribution in [2.24, 2.45) is 0 Å². The van der Waals surface area contributed by atoms with Crippen LogP contribution in [0.3, 0.4) is 0 Å². The molecule has 268 valence electrons. The number of rotatable bonds is 9. The van der Waals surface area contributed by atoms with Gasteiger partial charge < -0.3 is 24.4 Å². The zero-order valence-electron chi connectivity index (χ0n) is 28.7. The first kappa shape index (κ1) is 34.7. The quantitative estimate of drug-likeness (QED) is 0.347. The zero-order chi connectivity index (χ0) is 35.8. The first-order valence-corrected chi connectivity index (χ1v) is 18.6. The van der Waals surface area contributed by atoms with Gasteiger partial charge in [0, 0.05) is 57.1 Å². The number of nitrogens with zero attached hydrogens (tertiary/aromatic N) is 6. The van der Waals surface area contributed by atoms with E-state index in [1.165, 1.54) is 55.8 Å². The number of anilines is 1. The number of likely N-dealkylation sites (tertiary alicyclic amines) is 1. The second-order valence-electron chi connectivity index (χ2n) is 13.0. The molecule has 4 aliphatic heterocycles. The van der Waals surface area contributed by atoms with Crippen molar-refractivity contribution < 1.29 is 32.2 Å². The van der Waals surface area contributed by atoms with Crippen LogP contribution in [-0.2, 0) is 25.1 Å². The number of carbonyl (C=O) groups excluding carboxylic acids is 2. The molecule has 0 radical (unpaired) electrons. The molecule has 1 N–H and O–H groups in total. The molecule has 4 aliphatic rings. The smallest absolute Gasteiger partial charge is 0.318 e. The Morgan fingerprint density at radius 2 is 1.71 bits per heavy atom. The molecule has 3 fully saturated rings. The number of ether oxygens (including phenoxy) is 3. The maximum absolute atomic E-state index is 15.1. The third-order valence-corrected chi connectivity index (χ3v) is 12.1. The number of nitrogens with one attached hydrogen (secondary N) is 1. The van der Waals surface area contributed by atoms with Crippen molar-refractivity contribution in [3.63, 3.8) is 0 Å². The molecule has 3 saturated heterocycles. The van der Waals surface area contributed by atoms with E-state index in [1.54, 1.807) is 24.0 Å². The number of methoxy groups -OCH3 is 1. The molecule has 3 amide bonds. The number of fused-ring (bicyclic) bond motifs is 1. The Labute approximate surface area is 297 Å². The first-order valence-electron chi connectivity index (χ1n) is 17.2. The normalized spacial score (nSPS) is 21.9. The third-order valence-electron chi connectivity index (χ3n) is 10.4. The van der Waals surface area contributed by atoms with Crippen molar-refractivity contribution in [3.05, 3.63) is 77.5 Å². The summed E-state index contributed by atoms with van der Waals surface area (Å²) in [7, 11) is -3.07. The van der Waals surface area contributed by atoms with Gasteiger partial charge in [0.1, 0.15) is 5.75 Å². The molecule has 0 unspecified atom stereocenters. The fraction of sp³-hybridized carbons (Fsp3) is 0.444. The summed E-state index contributed by atoms with van der Waals surface area (Å²) in [4.78, 5) is 40.2. The van der Waals surface area contributed by atoms with Gasteiger partial charge in [-0.15, -0.1) is 0 Å². The Morgan fingerprint density at radius 3 is 2.33 bits per heavy atom. The van der Waals surface area contributed by atoms with E-state index in [0.29, 0.717) is 48.3 Å². The van der Waals surface area contributed by atoms with Gasteiger partial charge in [0.15, 0.2) is 5.54 Å². The van der Waals surface area contributed by atoms with E-state index in [0.717, 1.165) is 39.1 Å². The molecule has 2 aromatic carbocycles. The number of benzene rings is 2. The maximum Gasteiger partial charge on any atom is 0.318 e. The molecule has 0 aliphatic carbocycles. The fourth-order valence-electron chi connectivity index (χ4n) is 7.51. The Balaban J connectivity index is 1.22. The summed E-state index contributed by atoms with van der Waals surface area (Å²) in [6.07, 6.45) is 3.60. The fourth-order valence-corrected chi connectivity index (χ4v) is 8.97. The summed E-state index contributed by atoms with van der Waals surface area (Å²) < 4.78 is 45.9. The summed E-state index contributed by atoms with van der Waals surface area (Å²) in [5.41, 5.74) is -1.65. The van der Waals surface area contributed by atoms with Gasteiger partial charge in [0.2, 0.25) is 5.88 Å². The van der Waals surface area contributed by atoms with Gasteiger partial charge in [-0.3, -0.25) is 14.6 Å². The van der Waals surface area contributed by atoms with E-state index in [4.69, 9.17) is 14.2 Å². The SMILES string of the molecule is CCOc1ncccc1[C@]1(NC(=O)N2CCN(C3CCN(C4COC4)CC3)CC2)C(=O)N(S(=O)(=O)c2ccc(OC)cc2)c2ccc(C#N)cc21. The second-order valence-corrected chi connectivity index (χ2v) is 14.8. The van der Waals surface area contributed by atoms with Crippen LogP contribution in [0.25, 0.3) is 0 Å². The maximum atomic E-state index is 15.1. The van der Waals surface area contributed by atoms with Gasteiger partial charge in [-0.25, -0.2) is 18.2 Å². The average molecular weight is 716 g/mol. The minimum absolute atomic E-state index is 0.00560. The Kier molecular flexibility index (Phi) is 9.60. The number of nitriles is 1. The Bertz CT molecular complexity index is 1930. The van der Waals surface area contributed by atoms with E-state index in [9.17, 15) is 18.5 Å². The van der Waals surface area contributed by atoms with Crippen LogP contribution in [0.4, 0.5) is 10.5 Å². The summed E-state index contributed by atoms with van der Waals surface area (Å²) in [6, 6.07) is 15.6. The monoisotopic (exact) mass is 715 g/mol. The van der Waals surface area contributed by atoms with E-state index < -0.39 is 27.5 Å². The number of hydrogen-bond donors (Lipinski definition) is 1. The van der Waals surface area contributed by atoms with Crippen LogP contribution in [-0.4, -0.2) is 118 Å². The largest absolute Gasteiger partial charge is 0.497 e. The lowest BCUT2D eigenvalue weighted by Crippen LogP contribution is -2.61. The summed E-state index contributed by atoms with van der Waals surface area (Å²) >= 11 is 0. The Morgan fingerprint density at radius 1 is 1.00 bits per heavy atom. The minimum Gasteiger partial charge on any atom is -0.497 e. The van der Waals surface area contributed by atoms with Crippen LogP contribution in [0.2, 0.25) is 0 Å². The number of piperazine rings is 1. The van der Waals surface area contributed by atoms with Crippen LogP contribution in [0.15, 0.2) is 65.7 Å². The van der Waals surface area contributed by atoms with Crippen LogP contribution in [0.1, 0.15) is 36.5 Å². The van der Waals surface area contributed by atoms with Gasteiger partial charge in [-0.1, -0.05) is 0 Å². The molecule has 0 saturated carbocycles. The van der Waals surface area contributed by atoms with Crippen molar-refractivity contribution in [2.45, 2.75) is 42.3 Å². The van der Waals surface area contributed by atoms with Gasteiger partial charge in [0.25, 0.3) is 15.9 Å². The number of aromatic nitrogens is 1. The highest BCUT2D eigenvalue weighted by molar-refractivity contribution is 7.93. The topological polar surface area (TPSA) is 158 Å². The van der Waals surface area contributed by atoms with Crippen molar-refractivity contribution in [1.29, 1.82) is 5.26 Å². The molecule has 1 aromatic heterocycles. The van der Waals surface area contributed by atoms with E-state index in [2.05, 4.69) is 26.2 Å². The molecule has 7 rings (SSSR count). The van der Waals surface area contributed by atoms with Crippen LogP contribution < -0.4 is 19.1 Å². The lowest BCUT2D eigenvalue weighted by molar-refractivity contribution is -0.121. The second kappa shape index (κ2) is 14.1. The lowest BCUT2D eigenvalue weighted by atomic mass is 9.83. The molecule has 3 aromatic rings. The molecule has 1 atom stereocenters. The third kappa shape index (κ3) is 6.16. The number of sulfonamides is 1. The molecule has 0 spiro atoms. The van der Waals surface area contributed by atoms with Gasteiger partial charge in [-0.05, 0) is 74.4 Å². The highest BCUT2D eigenvalue weighted by Gasteiger charge is 2.59. The molecule has 51 heavy (non-hydrogen) atoms. The number of hydrogen-bond acceptors (Lipinski definition) is 11. The number of carbonyl (C=O) groups is 2. The van der Waals surface area contributed by atoms with Crippen LogP contribution in [0, 0.1) is 11.3 Å². The molecule has 14 nitrogen and oxygen atoms in total. The Hall–Kier alpha value is -4.75. The summed E-state index contributed by atoms with van der Waals surface area (Å²) in [6.45, 7) is 7.76. The van der Waals surface area contributed by atoms with Crippen molar-refractivity contribution in [1.82, 2.24) is 25.0 Å². The highest BCUT2D eigenvalue weighted by Crippen LogP contribution is 2.49. The first-order chi connectivity index (χ1) is 24.7. The molecular weight excluding hydrogens is 675 g/mol. The molecule has 15 heteroatoms. The number of pyridine rings is 1. The predicted molar refractivity (Wildman–Crippen MR) is 186 cm³/mol. The number of urea groups is 1. The van der Waals surface area contributed by atoms with Crippen molar-refractivity contribution >= 4 is 27.6 Å². The predicted octanol–water partition coefficient (Wildman–Crippen LogP) is 2.53. The average Bonchev–Trinajstić information content (AvgIpc) is 3.39. The van der Waals surface area contributed by atoms with Crippen molar-refractivity contribution in [2.75, 3.05) is 70.5 Å².